The van der Waals surface area contributed by atoms with Crippen LogP contribution >= 0.6 is 0 Å². The number of ether oxygens (including phenoxy) is 4. The van der Waals surface area contributed by atoms with Crippen molar-refractivity contribution in [3.05, 3.63) is 35.4 Å². The Kier molecular flexibility index (Phi) is 4.59. The molecule has 144 valence electrons. The average molecular weight is 374 g/mol. The molecular formula is C19H22N2O6. The molecule has 2 aliphatic rings. The van der Waals surface area contributed by atoms with Gasteiger partial charge in [-0.05, 0) is 30.8 Å². The van der Waals surface area contributed by atoms with E-state index < -0.39 is 0 Å². The molecule has 0 aliphatic carbocycles. The van der Waals surface area contributed by atoms with Crippen molar-refractivity contribution >= 4 is 0 Å². The minimum atomic E-state index is -0.170. The normalized spacial score (nSPS) is 20.0. The number of nitrogens with one attached hydrogen (secondary N) is 2. The second kappa shape index (κ2) is 7.05. The van der Waals surface area contributed by atoms with Crippen molar-refractivity contribution in [2.45, 2.75) is 18.6 Å². The van der Waals surface area contributed by atoms with Gasteiger partial charge in [0.2, 0.25) is 12.5 Å². The molecule has 4 rings (SSSR count). The van der Waals surface area contributed by atoms with E-state index in [1.165, 1.54) is 7.11 Å². The van der Waals surface area contributed by atoms with Crippen molar-refractivity contribution in [1.29, 1.82) is 0 Å². The fourth-order valence-corrected chi connectivity index (χ4v) is 3.50. The molecule has 8 heteroatoms. The topological polar surface area (TPSA) is 90.4 Å². The van der Waals surface area contributed by atoms with Crippen LogP contribution in [0.25, 0.3) is 0 Å². The number of fused-ring (bicyclic) bond motifs is 2. The molecule has 2 atom stereocenters. The van der Waals surface area contributed by atoms with E-state index in [0.717, 1.165) is 16.9 Å². The molecule has 0 amide bonds. The molecule has 0 spiro atoms. The molecule has 0 saturated carbocycles. The lowest BCUT2D eigenvalue weighted by Gasteiger charge is -2.32. The van der Waals surface area contributed by atoms with Gasteiger partial charge in [-0.25, -0.2) is 0 Å². The molecule has 8 nitrogen and oxygen atoms in total. The molecule has 0 saturated heterocycles. The van der Waals surface area contributed by atoms with Gasteiger partial charge < -0.3 is 28.9 Å². The minimum absolute atomic E-state index is 0.0191. The molecule has 27 heavy (non-hydrogen) atoms. The molecule has 0 radical (unpaired) electrons. The number of hydrogen-bond acceptors (Lipinski definition) is 8. The van der Waals surface area contributed by atoms with Gasteiger partial charge in [0.25, 0.3) is 0 Å². The first-order valence-electron chi connectivity index (χ1n) is 8.66. The average Bonchev–Trinajstić information content (AvgIpc) is 3.14. The lowest BCUT2D eigenvalue weighted by Crippen LogP contribution is -2.36. The summed E-state index contributed by atoms with van der Waals surface area (Å²) in [5.74, 6) is 2.66. The lowest BCUT2D eigenvalue weighted by molar-refractivity contribution is 0.138. The summed E-state index contributed by atoms with van der Waals surface area (Å²) in [7, 11) is 4.99. The predicted octanol–water partition coefficient (Wildman–Crippen LogP) is 2.10. The van der Waals surface area contributed by atoms with E-state index in [9.17, 15) is 5.11 Å². The number of benzene rings is 2. The van der Waals surface area contributed by atoms with E-state index in [1.807, 2.05) is 25.2 Å². The Morgan fingerprint density at radius 3 is 2.48 bits per heavy atom. The maximum atomic E-state index is 10.3. The van der Waals surface area contributed by atoms with E-state index in [-0.39, 0.29) is 24.7 Å². The van der Waals surface area contributed by atoms with Crippen LogP contribution in [0.15, 0.2) is 24.3 Å². The Morgan fingerprint density at radius 2 is 1.78 bits per heavy atom. The third-order valence-corrected chi connectivity index (χ3v) is 4.82. The minimum Gasteiger partial charge on any atom is -0.502 e. The second-order valence-corrected chi connectivity index (χ2v) is 6.30. The van der Waals surface area contributed by atoms with Crippen molar-refractivity contribution in [1.82, 2.24) is 10.8 Å². The van der Waals surface area contributed by atoms with E-state index in [4.69, 9.17) is 23.8 Å². The zero-order valence-corrected chi connectivity index (χ0v) is 15.4. The van der Waals surface area contributed by atoms with Gasteiger partial charge in [-0.15, -0.1) is 0 Å². The highest BCUT2D eigenvalue weighted by atomic mass is 16.7. The van der Waals surface area contributed by atoms with Crippen LogP contribution in [0.3, 0.4) is 0 Å². The van der Waals surface area contributed by atoms with Gasteiger partial charge in [0, 0.05) is 31.0 Å². The van der Waals surface area contributed by atoms with E-state index in [1.54, 1.807) is 13.1 Å². The predicted molar refractivity (Wildman–Crippen MR) is 96.8 cm³/mol. The van der Waals surface area contributed by atoms with Crippen LogP contribution < -0.4 is 34.6 Å². The summed E-state index contributed by atoms with van der Waals surface area (Å²) in [6, 6.07) is 7.42. The van der Waals surface area contributed by atoms with Crippen LogP contribution in [0.4, 0.5) is 0 Å². The Labute approximate surface area is 156 Å². The highest BCUT2D eigenvalue weighted by Crippen LogP contribution is 2.49. The number of rotatable bonds is 5. The fraction of sp³-hybridized carbons (Fsp3) is 0.368. The number of phenols is 1. The molecule has 0 fully saturated rings. The molecule has 3 N–H and O–H groups in total. The SMILES string of the molecule is CNOc1cc(C2CC(NC)Oc3cc4c(cc32)OCO4)cc(OC)c1O. The monoisotopic (exact) mass is 374 g/mol. The van der Waals surface area contributed by atoms with E-state index in [2.05, 4.69) is 10.8 Å². The highest BCUT2D eigenvalue weighted by molar-refractivity contribution is 5.59. The maximum Gasteiger partial charge on any atom is 0.231 e. The zero-order chi connectivity index (χ0) is 19.0. The number of phenolic OH excluding ortho intramolecular Hbond substituents is 1. The van der Waals surface area contributed by atoms with Crippen molar-refractivity contribution < 1.29 is 28.9 Å². The molecule has 2 aromatic rings. The van der Waals surface area contributed by atoms with Crippen LogP contribution in [0.5, 0.6) is 34.5 Å². The third-order valence-electron chi connectivity index (χ3n) is 4.82. The van der Waals surface area contributed by atoms with Gasteiger partial charge in [-0.3, -0.25) is 5.32 Å². The van der Waals surface area contributed by atoms with E-state index in [0.29, 0.717) is 29.4 Å². The van der Waals surface area contributed by atoms with Crippen molar-refractivity contribution in [2.75, 3.05) is 28.0 Å². The zero-order valence-electron chi connectivity index (χ0n) is 15.4. The first kappa shape index (κ1) is 17.6. The standard InChI is InChI=1S/C19H22N2O6/c1-20-18-7-11(10-4-16(23-3)19(22)17(5-10)27-21-2)12-6-14-15(25-9-24-14)8-13(12)26-18/h4-6,8,11,18,20-22H,7,9H2,1-3H3. The van der Waals surface area contributed by atoms with Crippen LogP contribution in [0.1, 0.15) is 23.5 Å². The lowest BCUT2D eigenvalue weighted by atomic mass is 9.85. The molecule has 2 aliphatic heterocycles. The largest absolute Gasteiger partial charge is 0.502 e. The van der Waals surface area contributed by atoms with Crippen molar-refractivity contribution in [3.63, 3.8) is 0 Å². The number of aromatic hydroxyl groups is 1. The first-order valence-corrected chi connectivity index (χ1v) is 8.66. The molecule has 0 aromatic heterocycles. The van der Waals surface area contributed by atoms with Crippen LogP contribution in [-0.4, -0.2) is 39.3 Å². The van der Waals surface area contributed by atoms with Crippen molar-refractivity contribution in [2.24, 2.45) is 0 Å². The summed E-state index contributed by atoms with van der Waals surface area (Å²) in [6.07, 6.45) is 0.520. The summed E-state index contributed by atoms with van der Waals surface area (Å²) >= 11 is 0. The third kappa shape index (κ3) is 3.07. The summed E-state index contributed by atoms with van der Waals surface area (Å²) in [6.45, 7) is 0.200. The molecular weight excluding hydrogens is 352 g/mol. The smallest absolute Gasteiger partial charge is 0.231 e. The number of methoxy groups -OCH3 is 1. The molecule has 2 aromatic carbocycles. The summed E-state index contributed by atoms with van der Waals surface area (Å²) < 4.78 is 22.4. The van der Waals surface area contributed by atoms with Gasteiger partial charge in [0.15, 0.2) is 29.2 Å². The quantitative estimate of drug-likeness (QED) is 0.686. The Morgan fingerprint density at radius 1 is 1.04 bits per heavy atom. The van der Waals surface area contributed by atoms with Crippen LogP contribution in [-0.2, 0) is 0 Å². The van der Waals surface area contributed by atoms with E-state index >= 15 is 0 Å². The van der Waals surface area contributed by atoms with Gasteiger partial charge in [0.05, 0.1) is 7.11 Å². The maximum absolute atomic E-state index is 10.3. The van der Waals surface area contributed by atoms with Crippen LogP contribution in [0, 0.1) is 0 Å². The molecule has 2 heterocycles. The van der Waals surface area contributed by atoms with Crippen LogP contribution in [0.2, 0.25) is 0 Å². The summed E-state index contributed by atoms with van der Waals surface area (Å²) in [5, 5.41) is 13.5. The van der Waals surface area contributed by atoms with Gasteiger partial charge in [-0.2, -0.15) is 5.48 Å². The second-order valence-electron chi connectivity index (χ2n) is 6.30. The highest BCUT2D eigenvalue weighted by Gasteiger charge is 2.33. The Balaban J connectivity index is 1.83. The Hall–Kier alpha value is -2.84. The first-order chi connectivity index (χ1) is 13.1. The number of hydrogen-bond donors (Lipinski definition) is 3. The molecule has 0 bridgehead atoms. The summed E-state index contributed by atoms with van der Waals surface area (Å²) in [4.78, 5) is 5.35. The van der Waals surface area contributed by atoms with Crippen molar-refractivity contribution in [3.8, 4) is 34.5 Å². The molecule has 2 unspecified atom stereocenters. The number of hydroxylamine groups is 1. The van der Waals surface area contributed by atoms with Gasteiger partial charge in [0.1, 0.15) is 5.75 Å². The Bertz CT molecular complexity index is 857. The van der Waals surface area contributed by atoms with Gasteiger partial charge >= 0.3 is 0 Å². The summed E-state index contributed by atoms with van der Waals surface area (Å²) in [5.41, 5.74) is 4.50. The van der Waals surface area contributed by atoms with Gasteiger partial charge in [-0.1, -0.05) is 0 Å². The fourth-order valence-electron chi connectivity index (χ4n) is 3.50.